The molecule has 0 spiro atoms. The zero-order valence-corrected chi connectivity index (χ0v) is 17.0. The Balaban J connectivity index is 1.45. The van der Waals surface area contributed by atoms with Crippen LogP contribution in [-0.4, -0.2) is 36.4 Å². The zero-order chi connectivity index (χ0) is 19.8. The average molecular weight is 443 g/mol. The van der Waals surface area contributed by atoms with Crippen molar-refractivity contribution in [2.24, 2.45) is 5.92 Å². The molecule has 1 aliphatic carbocycles. The van der Waals surface area contributed by atoms with Crippen molar-refractivity contribution in [3.8, 4) is 0 Å². The van der Waals surface area contributed by atoms with Gasteiger partial charge in [0.15, 0.2) is 0 Å². The number of morpholine rings is 1. The van der Waals surface area contributed by atoms with E-state index in [1.54, 1.807) is 17.0 Å². The second kappa shape index (κ2) is 7.99. The van der Waals surface area contributed by atoms with Crippen LogP contribution in [0.1, 0.15) is 34.2 Å². The summed E-state index contributed by atoms with van der Waals surface area (Å²) in [5.74, 6) is -0.629. The number of hydrogen-bond acceptors (Lipinski definition) is 4. The monoisotopic (exact) mass is 442 g/mol. The van der Waals surface area contributed by atoms with E-state index in [1.165, 1.54) is 23.5 Å². The predicted molar refractivity (Wildman–Crippen MR) is 107 cm³/mol. The number of thiophene rings is 1. The number of halogens is 3. The molecule has 1 N–H and O–H groups in total. The number of nitrogens with one attached hydrogen (secondary N) is 1. The van der Waals surface area contributed by atoms with Crippen molar-refractivity contribution in [2.45, 2.75) is 18.9 Å². The molecule has 1 unspecified atom stereocenters. The number of carbonyl (C=O) groups is 2. The van der Waals surface area contributed by atoms with Gasteiger partial charge in [0, 0.05) is 23.0 Å². The highest BCUT2D eigenvalue weighted by Gasteiger charge is 2.31. The molecule has 5 nitrogen and oxygen atoms in total. The Morgan fingerprint density at radius 3 is 2.75 bits per heavy atom. The largest absolute Gasteiger partial charge is 0.370 e. The van der Waals surface area contributed by atoms with Crippen LogP contribution < -0.4 is 5.32 Å². The van der Waals surface area contributed by atoms with Gasteiger partial charge >= 0.3 is 0 Å². The molecule has 9 heteroatoms. The third-order valence-electron chi connectivity index (χ3n) is 4.75. The summed E-state index contributed by atoms with van der Waals surface area (Å²) in [6.45, 7) is 0.986. The van der Waals surface area contributed by atoms with Gasteiger partial charge in [-0.15, -0.1) is 11.3 Å². The number of amides is 2. The molecule has 2 amide bonds. The molecule has 0 bridgehead atoms. The van der Waals surface area contributed by atoms with Crippen molar-refractivity contribution in [2.75, 3.05) is 25.0 Å². The highest BCUT2D eigenvalue weighted by Crippen LogP contribution is 2.34. The highest BCUT2D eigenvalue weighted by atomic mass is 35.5. The van der Waals surface area contributed by atoms with E-state index in [-0.39, 0.29) is 29.3 Å². The lowest BCUT2D eigenvalue weighted by Crippen LogP contribution is -2.42. The van der Waals surface area contributed by atoms with Gasteiger partial charge in [-0.3, -0.25) is 9.59 Å². The maximum atomic E-state index is 13.8. The van der Waals surface area contributed by atoms with E-state index < -0.39 is 11.9 Å². The van der Waals surface area contributed by atoms with Gasteiger partial charge in [0.2, 0.25) is 5.91 Å². The van der Waals surface area contributed by atoms with Crippen molar-refractivity contribution in [1.82, 2.24) is 4.90 Å². The quantitative estimate of drug-likeness (QED) is 0.694. The van der Waals surface area contributed by atoms with Crippen molar-refractivity contribution < 1.29 is 18.7 Å². The molecule has 1 atom stereocenters. The van der Waals surface area contributed by atoms with Crippen LogP contribution in [0.5, 0.6) is 0 Å². The fourth-order valence-electron chi connectivity index (χ4n) is 3.05. The minimum Gasteiger partial charge on any atom is -0.370 e. The normalized spacial score (nSPS) is 19.5. The summed E-state index contributed by atoms with van der Waals surface area (Å²) in [4.78, 5) is 26.9. The van der Waals surface area contributed by atoms with Crippen LogP contribution in [0, 0.1) is 11.7 Å². The van der Waals surface area contributed by atoms with Gasteiger partial charge in [0.05, 0.1) is 28.1 Å². The summed E-state index contributed by atoms with van der Waals surface area (Å²) in [7, 11) is 0. The van der Waals surface area contributed by atoms with Crippen LogP contribution in [0.2, 0.25) is 10.0 Å². The summed E-state index contributed by atoms with van der Waals surface area (Å²) in [6.07, 6.45) is 1.31. The Kier molecular flexibility index (Phi) is 5.60. The molecule has 0 radical (unpaired) electrons. The van der Waals surface area contributed by atoms with Gasteiger partial charge in [0.25, 0.3) is 5.91 Å². The number of benzene rings is 1. The first-order valence-electron chi connectivity index (χ1n) is 8.88. The summed E-state index contributed by atoms with van der Waals surface area (Å²) in [5, 5.41) is 3.75. The van der Waals surface area contributed by atoms with Gasteiger partial charge < -0.3 is 15.0 Å². The highest BCUT2D eigenvalue weighted by molar-refractivity contribution is 7.18. The lowest BCUT2D eigenvalue weighted by atomic mass is 10.1. The molecule has 2 fully saturated rings. The van der Waals surface area contributed by atoms with Crippen LogP contribution >= 0.6 is 34.5 Å². The number of carbonyl (C=O) groups excluding carboxylic acids is 2. The van der Waals surface area contributed by atoms with Gasteiger partial charge in [-0.1, -0.05) is 23.2 Å². The average Bonchev–Trinajstić information content (AvgIpc) is 3.44. The second-order valence-corrected chi connectivity index (χ2v) is 8.72. The first-order valence-corrected chi connectivity index (χ1v) is 10.5. The van der Waals surface area contributed by atoms with Crippen LogP contribution in [0.3, 0.4) is 0 Å². The molecule has 1 aliphatic heterocycles. The van der Waals surface area contributed by atoms with Gasteiger partial charge in [-0.05, 0) is 37.1 Å². The molecule has 2 heterocycles. The van der Waals surface area contributed by atoms with Crippen LogP contribution in [0.15, 0.2) is 24.3 Å². The standard InChI is InChI=1S/C19H17Cl2FN2O3S/c20-12-8-13(21)14(22)7-11(12)15-9-24(5-6-27-15)19(26)16-3-4-17(28-16)23-18(25)10-1-2-10/h3-4,7-8,10,15H,1-2,5-6,9H2,(H,23,25). The third-order valence-corrected chi connectivity index (χ3v) is 6.36. The fourth-order valence-corrected chi connectivity index (χ4v) is 4.43. The molecule has 1 saturated carbocycles. The van der Waals surface area contributed by atoms with E-state index in [4.69, 9.17) is 27.9 Å². The SMILES string of the molecule is O=C(Nc1ccc(C(=O)N2CCOC(c3cc(F)c(Cl)cc3Cl)C2)s1)C1CC1. The van der Waals surface area contributed by atoms with E-state index in [0.717, 1.165) is 12.8 Å². The second-order valence-electron chi connectivity index (χ2n) is 6.83. The smallest absolute Gasteiger partial charge is 0.264 e. The third kappa shape index (κ3) is 4.17. The number of nitrogens with zero attached hydrogens (tertiary/aromatic N) is 1. The van der Waals surface area contributed by atoms with Crippen LogP contribution in [0.4, 0.5) is 9.39 Å². The first-order chi connectivity index (χ1) is 13.4. The minimum atomic E-state index is -0.581. The fraction of sp³-hybridized carbons (Fsp3) is 0.368. The minimum absolute atomic E-state index is 0.00620. The van der Waals surface area contributed by atoms with Crippen LogP contribution in [-0.2, 0) is 9.53 Å². The summed E-state index contributed by atoms with van der Waals surface area (Å²) in [5.41, 5.74) is 0.463. The van der Waals surface area contributed by atoms with Gasteiger partial charge in [-0.2, -0.15) is 0 Å². The first kappa shape index (κ1) is 19.6. The summed E-state index contributed by atoms with van der Waals surface area (Å²) in [6, 6.07) is 6.03. The lowest BCUT2D eigenvalue weighted by molar-refractivity contribution is -0.117. The molecule has 4 rings (SSSR count). The van der Waals surface area contributed by atoms with E-state index >= 15 is 0 Å². The van der Waals surface area contributed by atoms with Crippen molar-refractivity contribution in [1.29, 1.82) is 0 Å². The topological polar surface area (TPSA) is 58.6 Å². The number of anilines is 1. The Bertz CT molecular complexity index is 932. The Morgan fingerprint density at radius 2 is 2.00 bits per heavy atom. The molecule has 2 aromatic rings. The maximum Gasteiger partial charge on any atom is 0.264 e. The lowest BCUT2D eigenvalue weighted by Gasteiger charge is -2.33. The van der Waals surface area contributed by atoms with Gasteiger partial charge in [-0.25, -0.2) is 4.39 Å². The molecule has 1 aromatic carbocycles. The zero-order valence-electron chi connectivity index (χ0n) is 14.7. The van der Waals surface area contributed by atoms with E-state index in [2.05, 4.69) is 5.32 Å². The van der Waals surface area contributed by atoms with Crippen molar-refractivity contribution in [3.05, 3.63) is 50.6 Å². The molecular formula is C19H17Cl2FN2O3S. The van der Waals surface area contributed by atoms with Crippen molar-refractivity contribution in [3.63, 3.8) is 0 Å². The van der Waals surface area contributed by atoms with Crippen LogP contribution in [0.25, 0.3) is 0 Å². The molecule has 2 aliphatic rings. The van der Waals surface area contributed by atoms with E-state index in [9.17, 15) is 14.0 Å². The van der Waals surface area contributed by atoms with Gasteiger partial charge in [0.1, 0.15) is 11.9 Å². The molecule has 1 aromatic heterocycles. The Hall–Kier alpha value is -1.67. The van der Waals surface area contributed by atoms with E-state index in [1.807, 2.05) is 0 Å². The number of rotatable bonds is 4. The number of ether oxygens (including phenoxy) is 1. The maximum absolute atomic E-state index is 13.8. The predicted octanol–water partition coefficient (Wildman–Crippen LogP) is 4.76. The van der Waals surface area contributed by atoms with E-state index in [0.29, 0.717) is 33.6 Å². The Morgan fingerprint density at radius 1 is 1.21 bits per heavy atom. The molecule has 1 saturated heterocycles. The number of hydrogen-bond donors (Lipinski definition) is 1. The molecular weight excluding hydrogens is 426 g/mol. The summed E-state index contributed by atoms with van der Waals surface area (Å²) < 4.78 is 19.5. The summed E-state index contributed by atoms with van der Waals surface area (Å²) >= 11 is 13.2. The van der Waals surface area contributed by atoms with Crippen molar-refractivity contribution >= 4 is 51.4 Å². The Labute approximate surface area is 175 Å². The molecule has 148 valence electrons. The molecule has 28 heavy (non-hydrogen) atoms.